The van der Waals surface area contributed by atoms with Crippen molar-refractivity contribution >= 4 is 17.1 Å². The Morgan fingerprint density at radius 1 is 1.64 bits per heavy atom. The van der Waals surface area contributed by atoms with Gasteiger partial charge in [0.05, 0.1) is 10.7 Å². The number of ketones is 1. The van der Waals surface area contributed by atoms with Crippen LogP contribution in [0.25, 0.3) is 0 Å². The number of hydrogen-bond donors (Lipinski definition) is 0. The van der Waals surface area contributed by atoms with Gasteiger partial charge in [-0.1, -0.05) is 0 Å². The first-order valence-corrected chi connectivity index (χ1v) is 6.04. The Bertz CT molecular complexity index is 332. The lowest BCUT2D eigenvalue weighted by molar-refractivity contribution is -0.121. The topological polar surface area (TPSA) is 30.0 Å². The number of thiazole rings is 1. The van der Waals surface area contributed by atoms with Crippen molar-refractivity contribution in [2.75, 3.05) is 0 Å². The second-order valence-corrected chi connectivity index (χ2v) is 5.13. The van der Waals surface area contributed by atoms with E-state index in [0.717, 1.165) is 30.7 Å². The molecule has 0 radical (unpaired) electrons. The van der Waals surface area contributed by atoms with Crippen molar-refractivity contribution in [2.45, 2.75) is 39.0 Å². The highest BCUT2D eigenvalue weighted by molar-refractivity contribution is 7.09. The van der Waals surface area contributed by atoms with E-state index in [1.54, 1.807) is 11.3 Å². The van der Waals surface area contributed by atoms with Gasteiger partial charge >= 0.3 is 0 Å². The standard InChI is InChI=1S/C11H15NOS/c1-8-12-10(7-14-8)5-9-3-2-4-11(13)6-9/h7,9H,2-6H2,1H3. The molecule has 1 aliphatic carbocycles. The molecular formula is C11H15NOS. The van der Waals surface area contributed by atoms with Crippen LogP contribution in [0.5, 0.6) is 0 Å². The fraction of sp³-hybridized carbons (Fsp3) is 0.636. The van der Waals surface area contributed by atoms with Gasteiger partial charge in [0.25, 0.3) is 0 Å². The second-order valence-electron chi connectivity index (χ2n) is 4.06. The van der Waals surface area contributed by atoms with Crippen LogP contribution in [0.1, 0.15) is 36.4 Å². The molecule has 0 aromatic carbocycles. The lowest BCUT2D eigenvalue weighted by Gasteiger charge is -2.19. The predicted molar refractivity (Wildman–Crippen MR) is 57.5 cm³/mol. The van der Waals surface area contributed by atoms with E-state index in [-0.39, 0.29) is 0 Å². The molecule has 14 heavy (non-hydrogen) atoms. The summed E-state index contributed by atoms with van der Waals surface area (Å²) in [5.74, 6) is 0.992. The monoisotopic (exact) mass is 209 g/mol. The average molecular weight is 209 g/mol. The first-order valence-electron chi connectivity index (χ1n) is 5.17. The lowest BCUT2D eigenvalue weighted by Crippen LogP contribution is -2.16. The van der Waals surface area contributed by atoms with E-state index in [0.29, 0.717) is 11.7 Å². The molecular weight excluding hydrogens is 194 g/mol. The van der Waals surface area contributed by atoms with E-state index >= 15 is 0 Å². The first-order chi connectivity index (χ1) is 6.74. The van der Waals surface area contributed by atoms with Gasteiger partial charge in [0, 0.05) is 18.2 Å². The van der Waals surface area contributed by atoms with Crippen molar-refractivity contribution in [1.82, 2.24) is 4.98 Å². The Morgan fingerprint density at radius 3 is 3.14 bits per heavy atom. The fourth-order valence-corrected chi connectivity index (χ4v) is 2.71. The van der Waals surface area contributed by atoms with Gasteiger partial charge in [-0.3, -0.25) is 4.79 Å². The van der Waals surface area contributed by atoms with E-state index in [1.807, 2.05) is 6.92 Å². The van der Waals surface area contributed by atoms with Gasteiger partial charge in [0.1, 0.15) is 5.78 Å². The quantitative estimate of drug-likeness (QED) is 0.749. The number of nitrogens with zero attached hydrogens (tertiary/aromatic N) is 1. The summed E-state index contributed by atoms with van der Waals surface area (Å²) in [5.41, 5.74) is 1.17. The molecule has 0 bridgehead atoms. The highest BCUT2D eigenvalue weighted by atomic mass is 32.1. The molecule has 76 valence electrons. The SMILES string of the molecule is Cc1nc(CC2CCCC(=O)C2)cs1. The zero-order valence-electron chi connectivity index (χ0n) is 8.45. The van der Waals surface area contributed by atoms with Gasteiger partial charge in [-0.15, -0.1) is 11.3 Å². The van der Waals surface area contributed by atoms with Crippen LogP contribution in [0.2, 0.25) is 0 Å². The number of rotatable bonds is 2. The Balaban J connectivity index is 1.93. The van der Waals surface area contributed by atoms with Crippen LogP contribution in [-0.2, 0) is 11.2 Å². The summed E-state index contributed by atoms with van der Waals surface area (Å²) in [6.45, 7) is 2.03. The van der Waals surface area contributed by atoms with Gasteiger partial charge in [-0.2, -0.15) is 0 Å². The first kappa shape index (κ1) is 9.84. The molecule has 1 heterocycles. The van der Waals surface area contributed by atoms with Crippen LogP contribution < -0.4 is 0 Å². The summed E-state index contributed by atoms with van der Waals surface area (Å²) >= 11 is 1.70. The maximum absolute atomic E-state index is 11.3. The van der Waals surface area contributed by atoms with Crippen LogP contribution in [-0.4, -0.2) is 10.8 Å². The van der Waals surface area contributed by atoms with Crippen molar-refractivity contribution in [3.63, 3.8) is 0 Å². The van der Waals surface area contributed by atoms with Gasteiger partial charge < -0.3 is 0 Å². The van der Waals surface area contributed by atoms with E-state index in [1.165, 1.54) is 12.1 Å². The minimum absolute atomic E-state index is 0.438. The Morgan fingerprint density at radius 2 is 2.50 bits per heavy atom. The third kappa shape index (κ3) is 2.41. The van der Waals surface area contributed by atoms with Crippen LogP contribution in [0.4, 0.5) is 0 Å². The van der Waals surface area contributed by atoms with E-state index in [4.69, 9.17) is 0 Å². The van der Waals surface area contributed by atoms with Gasteiger partial charge in [-0.25, -0.2) is 4.98 Å². The summed E-state index contributed by atoms with van der Waals surface area (Å²) in [6.07, 6.45) is 4.84. The van der Waals surface area contributed by atoms with Crippen molar-refractivity contribution in [3.8, 4) is 0 Å². The van der Waals surface area contributed by atoms with Crippen LogP contribution in [0.15, 0.2) is 5.38 Å². The Kier molecular flexibility index (Phi) is 2.96. The molecule has 1 aliphatic rings. The van der Waals surface area contributed by atoms with Crippen LogP contribution >= 0.6 is 11.3 Å². The zero-order valence-corrected chi connectivity index (χ0v) is 9.27. The predicted octanol–water partition coefficient (Wildman–Crippen LogP) is 2.75. The van der Waals surface area contributed by atoms with Crippen molar-refractivity contribution in [2.24, 2.45) is 5.92 Å². The summed E-state index contributed by atoms with van der Waals surface area (Å²) < 4.78 is 0. The maximum Gasteiger partial charge on any atom is 0.133 e. The molecule has 1 unspecified atom stereocenters. The molecule has 1 fully saturated rings. The second kappa shape index (κ2) is 4.22. The molecule has 3 heteroatoms. The lowest BCUT2D eigenvalue weighted by atomic mass is 9.85. The number of carbonyl (C=O) groups excluding carboxylic acids is 1. The molecule has 1 aromatic heterocycles. The van der Waals surface area contributed by atoms with Crippen LogP contribution in [0, 0.1) is 12.8 Å². The molecule has 0 saturated heterocycles. The molecule has 0 amide bonds. The number of Topliss-reactive ketones (excluding diaryl/α,β-unsaturated/α-hetero) is 1. The van der Waals surface area contributed by atoms with Crippen LogP contribution in [0.3, 0.4) is 0 Å². The zero-order chi connectivity index (χ0) is 9.97. The van der Waals surface area contributed by atoms with Gasteiger partial charge in [0.2, 0.25) is 0 Å². The Labute approximate surface area is 88.4 Å². The van der Waals surface area contributed by atoms with Crippen molar-refractivity contribution in [1.29, 1.82) is 0 Å². The van der Waals surface area contributed by atoms with E-state index < -0.39 is 0 Å². The summed E-state index contributed by atoms with van der Waals surface area (Å²) in [6, 6.07) is 0. The number of aryl methyl sites for hydroxylation is 1. The molecule has 0 spiro atoms. The van der Waals surface area contributed by atoms with Gasteiger partial charge in [-0.05, 0) is 32.1 Å². The highest BCUT2D eigenvalue weighted by Crippen LogP contribution is 2.25. The number of aromatic nitrogens is 1. The summed E-state index contributed by atoms with van der Waals surface area (Å²) in [4.78, 5) is 15.7. The van der Waals surface area contributed by atoms with E-state index in [9.17, 15) is 4.79 Å². The molecule has 0 aliphatic heterocycles. The van der Waals surface area contributed by atoms with Crippen molar-refractivity contribution < 1.29 is 4.79 Å². The average Bonchev–Trinajstić information content (AvgIpc) is 2.51. The fourth-order valence-electron chi connectivity index (χ4n) is 2.09. The largest absolute Gasteiger partial charge is 0.300 e. The molecule has 2 rings (SSSR count). The van der Waals surface area contributed by atoms with Crippen molar-refractivity contribution in [3.05, 3.63) is 16.1 Å². The normalized spacial score (nSPS) is 22.6. The van der Waals surface area contributed by atoms with E-state index in [2.05, 4.69) is 10.4 Å². The molecule has 0 N–H and O–H groups in total. The smallest absolute Gasteiger partial charge is 0.133 e. The minimum Gasteiger partial charge on any atom is -0.300 e. The number of carbonyl (C=O) groups is 1. The molecule has 1 saturated carbocycles. The molecule has 2 nitrogen and oxygen atoms in total. The summed E-state index contributed by atoms with van der Waals surface area (Å²) in [5, 5.41) is 3.25. The molecule has 1 aromatic rings. The minimum atomic E-state index is 0.438. The molecule has 1 atom stereocenters. The third-order valence-electron chi connectivity index (χ3n) is 2.75. The summed E-state index contributed by atoms with van der Waals surface area (Å²) in [7, 11) is 0. The third-order valence-corrected chi connectivity index (χ3v) is 3.57. The van der Waals surface area contributed by atoms with Gasteiger partial charge in [0.15, 0.2) is 0 Å². The maximum atomic E-state index is 11.3. The number of hydrogen-bond acceptors (Lipinski definition) is 3. The highest BCUT2D eigenvalue weighted by Gasteiger charge is 2.20. The Hall–Kier alpha value is -0.700.